The van der Waals surface area contributed by atoms with Crippen LogP contribution in [0.3, 0.4) is 0 Å². The number of fused-ring (bicyclic) bond motifs is 1. The van der Waals surface area contributed by atoms with Gasteiger partial charge < -0.3 is 14.0 Å². The second kappa shape index (κ2) is 6.86. The highest BCUT2D eigenvalue weighted by molar-refractivity contribution is 5.87. The zero-order valence-corrected chi connectivity index (χ0v) is 14.2. The number of carbonyl (C=O) groups is 1. The summed E-state index contributed by atoms with van der Waals surface area (Å²) in [5.41, 5.74) is 4.80. The molecular formula is C18H25NO3. The Bertz CT molecular complexity index is 685. The lowest BCUT2D eigenvalue weighted by atomic mass is 10.0. The number of carbonyl (C=O) groups excluding carboxylic acids is 1. The van der Waals surface area contributed by atoms with Gasteiger partial charge in [0.1, 0.15) is 5.75 Å². The fourth-order valence-corrected chi connectivity index (χ4v) is 2.89. The minimum absolute atomic E-state index is 0.124. The lowest BCUT2D eigenvalue weighted by Crippen LogP contribution is -2.07. The van der Waals surface area contributed by atoms with Crippen LogP contribution >= 0.6 is 0 Å². The van der Waals surface area contributed by atoms with E-state index in [2.05, 4.69) is 37.5 Å². The first-order valence-corrected chi connectivity index (χ1v) is 7.79. The maximum atomic E-state index is 11.5. The largest absolute Gasteiger partial charge is 0.496 e. The zero-order chi connectivity index (χ0) is 16.3. The molecule has 120 valence electrons. The Morgan fingerprint density at radius 1 is 1.18 bits per heavy atom. The average molecular weight is 303 g/mol. The molecule has 0 amide bonds. The van der Waals surface area contributed by atoms with Crippen LogP contribution < -0.4 is 4.74 Å². The van der Waals surface area contributed by atoms with Crippen molar-refractivity contribution in [3.63, 3.8) is 0 Å². The van der Waals surface area contributed by atoms with Crippen molar-refractivity contribution in [1.29, 1.82) is 0 Å². The molecule has 2 rings (SSSR count). The van der Waals surface area contributed by atoms with E-state index >= 15 is 0 Å². The van der Waals surface area contributed by atoms with Gasteiger partial charge in [0.2, 0.25) is 0 Å². The summed E-state index contributed by atoms with van der Waals surface area (Å²) in [5.74, 6) is 0.788. The van der Waals surface area contributed by atoms with E-state index in [-0.39, 0.29) is 5.97 Å². The fourth-order valence-electron chi connectivity index (χ4n) is 2.89. The number of nitrogens with zero attached hydrogens (tertiary/aromatic N) is 1. The predicted molar refractivity (Wildman–Crippen MR) is 88.6 cm³/mol. The van der Waals surface area contributed by atoms with Crippen LogP contribution in [-0.4, -0.2) is 24.3 Å². The zero-order valence-electron chi connectivity index (χ0n) is 14.2. The minimum Gasteiger partial charge on any atom is -0.496 e. The van der Waals surface area contributed by atoms with Gasteiger partial charge in [-0.05, 0) is 51.3 Å². The van der Waals surface area contributed by atoms with E-state index in [0.29, 0.717) is 13.0 Å². The van der Waals surface area contributed by atoms with Gasteiger partial charge >= 0.3 is 5.97 Å². The Morgan fingerprint density at radius 2 is 1.91 bits per heavy atom. The molecule has 0 saturated carbocycles. The summed E-state index contributed by atoms with van der Waals surface area (Å²) in [5, 5.41) is 1.26. The van der Waals surface area contributed by atoms with Crippen LogP contribution in [-0.2, 0) is 16.1 Å². The lowest BCUT2D eigenvalue weighted by molar-refractivity contribution is -0.143. The summed E-state index contributed by atoms with van der Waals surface area (Å²) >= 11 is 0. The smallest absolute Gasteiger partial charge is 0.305 e. The average Bonchev–Trinajstić information content (AvgIpc) is 2.80. The molecule has 0 aliphatic heterocycles. The number of hydrogen-bond donors (Lipinski definition) is 0. The fraction of sp³-hybridized carbons (Fsp3) is 0.500. The second-order valence-electron chi connectivity index (χ2n) is 5.61. The highest BCUT2D eigenvalue weighted by Gasteiger charge is 2.13. The molecule has 4 nitrogen and oxygen atoms in total. The molecule has 4 heteroatoms. The first kappa shape index (κ1) is 16.4. The third-order valence-electron chi connectivity index (χ3n) is 4.24. The maximum absolute atomic E-state index is 11.5. The van der Waals surface area contributed by atoms with E-state index in [1.54, 1.807) is 7.11 Å². The Labute approximate surface area is 132 Å². The summed E-state index contributed by atoms with van der Waals surface area (Å²) in [4.78, 5) is 11.5. The van der Waals surface area contributed by atoms with Gasteiger partial charge in [0.05, 0.1) is 19.2 Å². The highest BCUT2D eigenvalue weighted by atomic mass is 16.5. The Morgan fingerprint density at radius 3 is 2.55 bits per heavy atom. The first-order valence-electron chi connectivity index (χ1n) is 7.79. The van der Waals surface area contributed by atoms with E-state index in [0.717, 1.165) is 18.7 Å². The predicted octanol–water partition coefficient (Wildman–Crippen LogP) is 3.92. The third kappa shape index (κ3) is 3.11. The number of aryl methyl sites for hydroxylation is 3. The van der Waals surface area contributed by atoms with Crippen LogP contribution in [0.4, 0.5) is 0 Å². The number of hydrogen-bond acceptors (Lipinski definition) is 3. The van der Waals surface area contributed by atoms with Crippen molar-refractivity contribution in [3.8, 4) is 5.75 Å². The van der Waals surface area contributed by atoms with Gasteiger partial charge in [0.25, 0.3) is 0 Å². The summed E-state index contributed by atoms with van der Waals surface area (Å²) < 4.78 is 12.7. The van der Waals surface area contributed by atoms with E-state index in [1.807, 2.05) is 6.92 Å². The molecule has 1 aromatic heterocycles. The van der Waals surface area contributed by atoms with Crippen LogP contribution in [0.5, 0.6) is 5.75 Å². The molecule has 0 saturated heterocycles. The monoisotopic (exact) mass is 303 g/mol. The van der Waals surface area contributed by atoms with Crippen molar-refractivity contribution in [2.75, 3.05) is 13.7 Å². The highest BCUT2D eigenvalue weighted by Crippen LogP contribution is 2.32. The quantitative estimate of drug-likeness (QED) is 0.759. The molecule has 2 aromatic rings. The molecule has 22 heavy (non-hydrogen) atoms. The van der Waals surface area contributed by atoms with E-state index in [1.165, 1.54) is 27.7 Å². The van der Waals surface area contributed by atoms with Crippen LogP contribution in [0.25, 0.3) is 10.9 Å². The summed E-state index contributed by atoms with van der Waals surface area (Å²) in [6.45, 7) is 9.40. The van der Waals surface area contributed by atoms with Gasteiger partial charge in [0, 0.05) is 30.1 Å². The van der Waals surface area contributed by atoms with Crippen molar-refractivity contribution in [3.05, 3.63) is 29.0 Å². The molecule has 0 atom stereocenters. The van der Waals surface area contributed by atoms with Crippen LogP contribution in [0, 0.1) is 20.8 Å². The van der Waals surface area contributed by atoms with Gasteiger partial charge in [-0.15, -0.1) is 0 Å². The molecule has 0 aliphatic rings. The standard InChI is InChI=1S/C18H25NO3/c1-6-22-18(20)8-7-9-19-12(2)10-15-13(3)14(4)17(21-5)11-16(15)19/h10-11H,6-9H2,1-5H3. The number of esters is 1. The Kier molecular flexibility index (Phi) is 5.11. The molecule has 1 heterocycles. The topological polar surface area (TPSA) is 40.5 Å². The molecule has 0 spiro atoms. The first-order chi connectivity index (χ1) is 10.5. The lowest BCUT2D eigenvalue weighted by Gasteiger charge is -2.12. The number of rotatable bonds is 6. The minimum atomic E-state index is -0.124. The van der Waals surface area contributed by atoms with Gasteiger partial charge in [-0.25, -0.2) is 0 Å². The molecular weight excluding hydrogens is 278 g/mol. The third-order valence-corrected chi connectivity index (χ3v) is 4.24. The van der Waals surface area contributed by atoms with Crippen molar-refractivity contribution < 1.29 is 14.3 Å². The van der Waals surface area contributed by atoms with Crippen LogP contribution in [0.1, 0.15) is 36.6 Å². The van der Waals surface area contributed by atoms with Gasteiger partial charge in [0.15, 0.2) is 0 Å². The SMILES string of the molecule is CCOC(=O)CCCn1c(C)cc2c(C)c(C)c(OC)cc21. The number of benzene rings is 1. The summed E-state index contributed by atoms with van der Waals surface area (Å²) in [7, 11) is 1.70. The van der Waals surface area contributed by atoms with E-state index in [9.17, 15) is 4.79 Å². The van der Waals surface area contributed by atoms with Crippen LogP contribution in [0.15, 0.2) is 12.1 Å². The number of methoxy groups -OCH3 is 1. The molecule has 0 radical (unpaired) electrons. The normalized spacial score (nSPS) is 11.0. The van der Waals surface area contributed by atoms with Crippen molar-refractivity contribution in [2.24, 2.45) is 0 Å². The van der Waals surface area contributed by atoms with E-state index < -0.39 is 0 Å². The molecule has 1 aromatic carbocycles. The summed E-state index contributed by atoms with van der Waals surface area (Å²) in [6, 6.07) is 4.30. The van der Waals surface area contributed by atoms with Gasteiger partial charge in [-0.1, -0.05) is 0 Å². The van der Waals surface area contributed by atoms with Gasteiger partial charge in [-0.2, -0.15) is 0 Å². The Balaban J connectivity index is 2.28. The molecule has 0 N–H and O–H groups in total. The number of ether oxygens (including phenoxy) is 2. The van der Waals surface area contributed by atoms with Crippen molar-refractivity contribution in [2.45, 2.75) is 47.1 Å². The van der Waals surface area contributed by atoms with Crippen molar-refractivity contribution in [1.82, 2.24) is 4.57 Å². The number of aromatic nitrogens is 1. The van der Waals surface area contributed by atoms with E-state index in [4.69, 9.17) is 9.47 Å². The summed E-state index contributed by atoms with van der Waals surface area (Å²) in [6.07, 6.45) is 1.23. The molecule has 0 aliphatic carbocycles. The van der Waals surface area contributed by atoms with Gasteiger partial charge in [-0.3, -0.25) is 4.79 Å². The maximum Gasteiger partial charge on any atom is 0.305 e. The second-order valence-corrected chi connectivity index (χ2v) is 5.61. The molecule has 0 fully saturated rings. The van der Waals surface area contributed by atoms with Crippen LogP contribution in [0.2, 0.25) is 0 Å². The molecule has 0 bridgehead atoms. The molecule has 0 unspecified atom stereocenters. The van der Waals surface area contributed by atoms with Crippen molar-refractivity contribution >= 4 is 16.9 Å². The Hall–Kier alpha value is -1.97.